The molecule has 242 valence electrons. The van der Waals surface area contributed by atoms with Gasteiger partial charge in [-0.3, -0.25) is 9.32 Å². The molecule has 1 saturated carbocycles. The van der Waals surface area contributed by atoms with Gasteiger partial charge in [-0.15, -0.1) is 0 Å². The first kappa shape index (κ1) is 31.9. The van der Waals surface area contributed by atoms with Gasteiger partial charge in [0.25, 0.3) is 0 Å². The third-order valence-electron chi connectivity index (χ3n) is 8.40. The molecule has 0 bridgehead atoms. The summed E-state index contributed by atoms with van der Waals surface area (Å²) in [6.45, 7) is 0.664. The highest BCUT2D eigenvalue weighted by atomic mass is 31.2. The van der Waals surface area contributed by atoms with Crippen molar-refractivity contribution < 1.29 is 38.1 Å². The van der Waals surface area contributed by atoms with E-state index in [-0.39, 0.29) is 17.7 Å². The number of esters is 1. The number of nitrogens with two attached hydrogens (primary N) is 1. The Morgan fingerprint density at radius 2 is 1.96 bits per heavy atom. The summed E-state index contributed by atoms with van der Waals surface area (Å²) in [7, 11) is -4.51. The lowest BCUT2D eigenvalue weighted by molar-refractivity contribution is -0.152. The van der Waals surface area contributed by atoms with Gasteiger partial charge in [-0.25, -0.2) is 14.1 Å². The van der Waals surface area contributed by atoms with Crippen LogP contribution in [0.1, 0.15) is 50.8 Å². The SMILES string of the molecule is C[C@H](NP(=O)(OC[C@@]1(C#N)O[C@@H](c2ccc3c(N)ncnn23)[C@H](O)[C@@H]1O)Oc1cccc2ccccc12)C(=O)OC1CCCCC1. The molecule has 1 aliphatic carbocycles. The lowest BCUT2D eigenvalue weighted by Crippen LogP contribution is -2.46. The Hall–Kier alpha value is -4.09. The fraction of sp³-hybridized carbons (Fsp3) is 0.419. The van der Waals surface area contributed by atoms with Crippen LogP contribution in [-0.4, -0.2) is 67.3 Å². The van der Waals surface area contributed by atoms with Crippen molar-refractivity contribution in [1.29, 1.82) is 5.26 Å². The topological polar surface area (TPSA) is 204 Å². The van der Waals surface area contributed by atoms with Gasteiger partial charge in [0.05, 0.1) is 5.69 Å². The van der Waals surface area contributed by atoms with Gasteiger partial charge in [0.2, 0.25) is 5.60 Å². The van der Waals surface area contributed by atoms with E-state index in [2.05, 4.69) is 15.2 Å². The first-order chi connectivity index (χ1) is 22.1. The molecule has 2 aromatic carbocycles. The number of aromatic nitrogens is 3. The lowest BCUT2D eigenvalue weighted by Gasteiger charge is -2.29. The number of hydrogen-bond acceptors (Lipinski definition) is 12. The van der Waals surface area contributed by atoms with Gasteiger partial charge in [0.1, 0.15) is 60.7 Å². The summed E-state index contributed by atoms with van der Waals surface area (Å²) in [5.74, 6) is -0.269. The number of hydrogen-bond donors (Lipinski definition) is 4. The summed E-state index contributed by atoms with van der Waals surface area (Å²) in [4.78, 5) is 17.0. The number of aliphatic hydroxyl groups is 2. The molecule has 4 aromatic rings. The standard InChI is InChI=1S/C31H35N6O8P/c1-19(30(40)43-21-10-3-2-4-11-21)36-46(41,45-25-13-7-9-20-8-5-6-12-22(20)25)42-17-31(16-32)28(39)26(38)27(44-31)23-14-15-24-29(33)34-18-35-37(23)24/h5-9,12-15,18-19,21,26-28,38-39H,2-4,10-11,17H2,1H3,(H,36,41)(H2,33,34,35)/t19-,26-,27-,28-,31+,46?/m0/s1. The second kappa shape index (κ2) is 13.0. The molecule has 0 spiro atoms. The van der Waals surface area contributed by atoms with Crippen LogP contribution in [0.15, 0.2) is 60.9 Å². The number of benzene rings is 2. The van der Waals surface area contributed by atoms with E-state index in [0.29, 0.717) is 16.6 Å². The Kier molecular flexibility index (Phi) is 8.98. The molecule has 2 fully saturated rings. The minimum atomic E-state index is -4.51. The van der Waals surface area contributed by atoms with E-state index >= 15 is 0 Å². The number of carbonyl (C=O) groups is 1. The molecule has 2 aromatic heterocycles. The minimum absolute atomic E-state index is 0.179. The Bertz CT molecular complexity index is 1820. The normalized spacial score (nSPS) is 25.6. The summed E-state index contributed by atoms with van der Waals surface area (Å²) in [6.07, 6.45) is 0.820. The first-order valence-electron chi connectivity index (χ1n) is 15.1. The lowest BCUT2D eigenvalue weighted by atomic mass is 9.96. The monoisotopic (exact) mass is 650 g/mol. The van der Waals surface area contributed by atoms with Crippen LogP contribution in [-0.2, 0) is 23.4 Å². The fourth-order valence-electron chi connectivity index (χ4n) is 5.89. The number of aliphatic hydroxyl groups excluding tert-OH is 2. The maximum absolute atomic E-state index is 14.5. The van der Waals surface area contributed by atoms with E-state index < -0.39 is 50.3 Å². The van der Waals surface area contributed by atoms with Crippen molar-refractivity contribution in [2.45, 2.75) is 75.1 Å². The molecule has 6 rings (SSSR count). The second-order valence-corrected chi connectivity index (χ2v) is 13.3. The minimum Gasteiger partial charge on any atom is -0.461 e. The van der Waals surface area contributed by atoms with Crippen molar-refractivity contribution in [3.63, 3.8) is 0 Å². The molecule has 0 amide bonds. The molecule has 14 nitrogen and oxygen atoms in total. The van der Waals surface area contributed by atoms with Gasteiger partial charge in [0.15, 0.2) is 5.82 Å². The molecule has 3 heterocycles. The number of anilines is 1. The van der Waals surface area contributed by atoms with Crippen molar-refractivity contribution in [3.05, 3.63) is 66.6 Å². The Balaban J connectivity index is 1.27. The van der Waals surface area contributed by atoms with E-state index in [4.69, 9.17) is 24.3 Å². The zero-order chi connectivity index (χ0) is 32.5. The van der Waals surface area contributed by atoms with Gasteiger partial charge < -0.3 is 29.9 Å². The first-order valence-corrected chi connectivity index (χ1v) is 16.6. The third kappa shape index (κ3) is 6.18. The molecule has 15 heteroatoms. The van der Waals surface area contributed by atoms with Gasteiger partial charge in [-0.05, 0) is 56.2 Å². The smallest absolute Gasteiger partial charge is 0.459 e. The molecular formula is C31H35N6O8P. The summed E-state index contributed by atoms with van der Waals surface area (Å²) in [5.41, 5.74) is 4.46. The average molecular weight is 651 g/mol. The highest BCUT2D eigenvalue weighted by Gasteiger charge is 2.57. The highest BCUT2D eigenvalue weighted by Crippen LogP contribution is 2.49. The van der Waals surface area contributed by atoms with E-state index in [1.807, 2.05) is 24.3 Å². The zero-order valence-corrected chi connectivity index (χ0v) is 26.0. The Labute approximate surface area is 264 Å². The molecule has 1 aliphatic heterocycles. The van der Waals surface area contributed by atoms with Crippen LogP contribution in [0, 0.1) is 11.3 Å². The number of rotatable bonds is 10. The van der Waals surface area contributed by atoms with Crippen molar-refractivity contribution in [2.24, 2.45) is 0 Å². The third-order valence-corrected chi connectivity index (χ3v) is 10.0. The summed E-state index contributed by atoms with van der Waals surface area (Å²) in [6, 6.07) is 16.4. The van der Waals surface area contributed by atoms with E-state index in [1.165, 1.54) is 17.8 Å². The van der Waals surface area contributed by atoms with Crippen LogP contribution in [0.4, 0.5) is 5.82 Å². The molecule has 46 heavy (non-hydrogen) atoms. The van der Waals surface area contributed by atoms with Gasteiger partial charge in [-0.2, -0.15) is 15.4 Å². The highest BCUT2D eigenvalue weighted by molar-refractivity contribution is 7.52. The van der Waals surface area contributed by atoms with Gasteiger partial charge in [0, 0.05) is 5.39 Å². The van der Waals surface area contributed by atoms with Crippen molar-refractivity contribution in [1.82, 2.24) is 19.7 Å². The number of carbonyl (C=O) groups excluding carboxylic acids is 1. The predicted octanol–water partition coefficient (Wildman–Crippen LogP) is 3.58. The number of nitrogens with zero attached hydrogens (tertiary/aromatic N) is 4. The molecule has 2 aliphatic rings. The maximum atomic E-state index is 14.5. The average Bonchev–Trinajstić information content (AvgIpc) is 3.60. The van der Waals surface area contributed by atoms with Gasteiger partial charge >= 0.3 is 13.7 Å². The largest absolute Gasteiger partial charge is 0.461 e. The Morgan fingerprint density at radius 3 is 2.74 bits per heavy atom. The van der Waals surface area contributed by atoms with E-state index in [9.17, 15) is 24.8 Å². The van der Waals surface area contributed by atoms with Crippen molar-refractivity contribution in [3.8, 4) is 11.8 Å². The van der Waals surface area contributed by atoms with Crippen molar-refractivity contribution in [2.75, 3.05) is 12.3 Å². The molecule has 1 unspecified atom stereocenters. The van der Waals surface area contributed by atoms with Crippen LogP contribution < -0.4 is 15.3 Å². The fourth-order valence-corrected chi connectivity index (χ4v) is 7.43. The molecule has 5 N–H and O–H groups in total. The summed E-state index contributed by atoms with van der Waals surface area (Å²) >= 11 is 0. The van der Waals surface area contributed by atoms with Crippen molar-refractivity contribution >= 4 is 35.8 Å². The number of nitrogen functional groups attached to an aromatic ring is 1. The zero-order valence-electron chi connectivity index (χ0n) is 25.1. The second-order valence-electron chi connectivity index (χ2n) is 11.6. The summed E-state index contributed by atoms with van der Waals surface area (Å²) < 4.78 is 39.3. The molecule has 0 radical (unpaired) electrons. The molecular weight excluding hydrogens is 615 g/mol. The van der Waals surface area contributed by atoms with Crippen LogP contribution in [0.25, 0.3) is 16.3 Å². The number of nitriles is 1. The maximum Gasteiger partial charge on any atom is 0.459 e. The van der Waals surface area contributed by atoms with Crippen LogP contribution in [0.5, 0.6) is 5.75 Å². The van der Waals surface area contributed by atoms with Crippen LogP contribution in [0.3, 0.4) is 0 Å². The number of ether oxygens (including phenoxy) is 2. The van der Waals surface area contributed by atoms with Gasteiger partial charge in [-0.1, -0.05) is 42.8 Å². The summed E-state index contributed by atoms with van der Waals surface area (Å²) in [5, 5.41) is 40.6. The number of fused-ring (bicyclic) bond motifs is 2. The predicted molar refractivity (Wildman–Crippen MR) is 165 cm³/mol. The Morgan fingerprint density at radius 1 is 1.20 bits per heavy atom. The quantitative estimate of drug-likeness (QED) is 0.143. The van der Waals surface area contributed by atoms with Crippen LogP contribution >= 0.6 is 7.75 Å². The van der Waals surface area contributed by atoms with Crippen LogP contribution in [0.2, 0.25) is 0 Å². The number of nitrogens with one attached hydrogen (secondary N) is 1. The van der Waals surface area contributed by atoms with E-state index in [1.54, 1.807) is 36.4 Å². The molecule has 6 atom stereocenters. The molecule has 1 saturated heterocycles. The van der Waals surface area contributed by atoms with E-state index in [0.717, 1.165) is 37.5 Å².